The highest BCUT2D eigenvalue weighted by molar-refractivity contribution is 7.84. The summed E-state index contributed by atoms with van der Waals surface area (Å²) < 4.78 is 62.8. The highest BCUT2D eigenvalue weighted by Crippen LogP contribution is 2.34. The van der Waals surface area contributed by atoms with Gasteiger partial charge in [0.15, 0.2) is 0 Å². The van der Waals surface area contributed by atoms with Crippen molar-refractivity contribution in [3.05, 3.63) is 35.9 Å². The Hall–Kier alpha value is -1.20. The van der Waals surface area contributed by atoms with Gasteiger partial charge < -0.3 is 24.8 Å². The number of hydrogen-bond donors (Lipinski definition) is 5. The van der Waals surface area contributed by atoms with Crippen LogP contribution in [0.15, 0.2) is 30.3 Å². The highest BCUT2D eigenvalue weighted by atomic mass is 32.2. The summed E-state index contributed by atoms with van der Waals surface area (Å²) in [6, 6.07) is 8.31. The van der Waals surface area contributed by atoms with E-state index in [9.17, 15) is 32.2 Å². The van der Waals surface area contributed by atoms with Gasteiger partial charge in [-0.1, -0.05) is 30.3 Å². The molecule has 0 spiro atoms. The molecule has 154 valence electrons. The first-order valence-corrected chi connectivity index (χ1v) is 10.00. The van der Waals surface area contributed by atoms with Crippen LogP contribution in [0.5, 0.6) is 0 Å². The molecule has 14 heteroatoms. The highest BCUT2D eigenvalue weighted by Gasteiger charge is 2.58. The number of benzene rings is 1. The minimum absolute atomic E-state index is 0.295. The average molecular weight is 429 g/mol. The number of aliphatic hydroxyl groups is 3. The fraction of sp³-hybridized carbons (Fsp3) is 0.538. The van der Waals surface area contributed by atoms with Crippen LogP contribution in [0.2, 0.25) is 0 Å². The lowest BCUT2D eigenvalue weighted by atomic mass is 9.96. The third-order valence-corrected chi connectivity index (χ3v) is 4.58. The van der Waals surface area contributed by atoms with Gasteiger partial charge in [-0.15, -0.1) is 0 Å². The van der Waals surface area contributed by atoms with Gasteiger partial charge in [-0.05, 0) is 5.56 Å². The van der Waals surface area contributed by atoms with Crippen LogP contribution in [0, 0.1) is 0 Å². The molecule has 1 aromatic rings. The zero-order valence-corrected chi connectivity index (χ0v) is 15.4. The molecular formula is C13H19NO11S2. The summed E-state index contributed by atoms with van der Waals surface area (Å²) in [6.07, 6.45) is -8.09. The minimum Gasteiger partial charge on any atom is -0.387 e. The second kappa shape index (κ2) is 8.87. The van der Waals surface area contributed by atoms with Crippen LogP contribution in [0.3, 0.4) is 0 Å². The van der Waals surface area contributed by atoms with E-state index in [1.54, 1.807) is 30.3 Å². The molecule has 0 aromatic heterocycles. The van der Waals surface area contributed by atoms with E-state index in [0.29, 0.717) is 5.56 Å². The fourth-order valence-corrected chi connectivity index (χ4v) is 3.22. The Labute approximate surface area is 156 Å². The molecule has 2 rings (SSSR count). The van der Waals surface area contributed by atoms with Crippen LogP contribution in [0.25, 0.3) is 0 Å². The van der Waals surface area contributed by atoms with Crippen molar-refractivity contribution in [2.75, 3.05) is 6.61 Å². The number of hydrogen-bond acceptors (Lipinski definition) is 11. The van der Waals surface area contributed by atoms with Crippen LogP contribution in [-0.4, -0.2) is 69.2 Å². The number of aliphatic hydroxyl groups excluding tert-OH is 3. The summed E-state index contributed by atoms with van der Waals surface area (Å²) in [5.74, 6) is -2.60. The predicted molar refractivity (Wildman–Crippen MR) is 87.3 cm³/mol. The zero-order valence-electron chi connectivity index (χ0n) is 13.7. The quantitative estimate of drug-likeness (QED) is 0.210. The van der Waals surface area contributed by atoms with Gasteiger partial charge in [0.2, 0.25) is 6.29 Å². The molecule has 0 radical (unpaired) electrons. The molecule has 0 aliphatic carbocycles. The molecule has 27 heavy (non-hydrogen) atoms. The van der Waals surface area contributed by atoms with Crippen LogP contribution in [0.4, 0.5) is 0 Å². The normalized spacial score (nSPS) is 30.3. The lowest BCUT2D eigenvalue weighted by Crippen LogP contribution is -2.68. The third-order valence-electron chi connectivity index (χ3n) is 3.69. The standard InChI is InChI=1S/C13H19NO11S2/c14-27(20,21)25-12(17)13(22-6-8-4-2-1-3-5-8)11(16)10(15)9(7-23-13)24-26(18)19/h1-5,9-12,15-17,26H,6-7H2,(H2,14,20,21)/t9-,10-,11+,12?,13+/m1/s1. The van der Waals surface area contributed by atoms with Gasteiger partial charge in [0.25, 0.3) is 16.8 Å². The Morgan fingerprint density at radius 1 is 1.30 bits per heavy atom. The van der Waals surface area contributed by atoms with E-state index < -0.39 is 58.3 Å². The largest absolute Gasteiger partial charge is 0.387 e. The Bertz CT molecular complexity index is 792. The van der Waals surface area contributed by atoms with Gasteiger partial charge >= 0.3 is 10.3 Å². The van der Waals surface area contributed by atoms with Gasteiger partial charge in [-0.2, -0.15) is 8.42 Å². The van der Waals surface area contributed by atoms with E-state index in [4.69, 9.17) is 14.6 Å². The van der Waals surface area contributed by atoms with E-state index >= 15 is 0 Å². The maximum Gasteiger partial charge on any atom is 0.335 e. The van der Waals surface area contributed by atoms with Crippen LogP contribution < -0.4 is 5.14 Å². The predicted octanol–water partition coefficient (Wildman–Crippen LogP) is -2.90. The molecule has 5 atom stereocenters. The van der Waals surface area contributed by atoms with Gasteiger partial charge in [-0.3, -0.25) is 4.18 Å². The summed E-state index contributed by atoms with van der Waals surface area (Å²) in [5, 5.41) is 35.3. The molecule has 1 saturated heterocycles. The van der Waals surface area contributed by atoms with Crippen molar-refractivity contribution >= 4 is 21.3 Å². The molecular weight excluding hydrogens is 410 g/mol. The first-order chi connectivity index (χ1) is 12.5. The summed E-state index contributed by atoms with van der Waals surface area (Å²) in [4.78, 5) is 0. The van der Waals surface area contributed by atoms with E-state index in [0.717, 1.165) is 0 Å². The Morgan fingerprint density at radius 3 is 2.48 bits per heavy atom. The second-order valence-corrected chi connectivity index (χ2v) is 7.39. The number of ether oxygens (including phenoxy) is 2. The van der Waals surface area contributed by atoms with E-state index in [-0.39, 0.29) is 6.61 Å². The lowest BCUT2D eigenvalue weighted by molar-refractivity contribution is -0.394. The van der Waals surface area contributed by atoms with Crippen molar-refractivity contribution < 1.29 is 50.0 Å². The monoisotopic (exact) mass is 429 g/mol. The zero-order chi connectivity index (χ0) is 20.2. The summed E-state index contributed by atoms with van der Waals surface area (Å²) in [5.41, 5.74) is 0.547. The van der Waals surface area contributed by atoms with Crippen molar-refractivity contribution in [2.45, 2.75) is 37.0 Å². The molecule has 0 bridgehead atoms. The van der Waals surface area contributed by atoms with Gasteiger partial charge in [-0.25, -0.2) is 17.7 Å². The number of thiol groups is 1. The van der Waals surface area contributed by atoms with E-state index in [2.05, 4.69) is 8.37 Å². The van der Waals surface area contributed by atoms with Crippen molar-refractivity contribution in [1.29, 1.82) is 0 Å². The molecule has 1 heterocycles. The number of rotatable bonds is 8. The maximum absolute atomic E-state index is 11.1. The summed E-state index contributed by atoms with van der Waals surface area (Å²) >= 11 is 0. The third kappa shape index (κ3) is 5.64. The van der Waals surface area contributed by atoms with Crippen molar-refractivity contribution in [1.82, 2.24) is 0 Å². The molecule has 1 unspecified atom stereocenters. The van der Waals surface area contributed by atoms with Crippen molar-refractivity contribution in [3.63, 3.8) is 0 Å². The molecule has 0 saturated carbocycles. The smallest absolute Gasteiger partial charge is 0.335 e. The Morgan fingerprint density at radius 2 is 1.93 bits per heavy atom. The van der Waals surface area contributed by atoms with E-state index in [1.807, 2.05) is 0 Å². The summed E-state index contributed by atoms with van der Waals surface area (Å²) in [6.45, 7) is -0.974. The lowest BCUT2D eigenvalue weighted by Gasteiger charge is -2.46. The van der Waals surface area contributed by atoms with Gasteiger partial charge in [0.1, 0.15) is 18.3 Å². The molecule has 1 aliphatic heterocycles. The minimum atomic E-state index is -4.70. The molecule has 5 N–H and O–H groups in total. The average Bonchev–Trinajstić information content (AvgIpc) is 2.58. The molecule has 0 amide bonds. The molecule has 1 aromatic carbocycles. The first-order valence-electron chi connectivity index (χ1n) is 7.43. The van der Waals surface area contributed by atoms with Gasteiger partial charge in [0, 0.05) is 0 Å². The van der Waals surface area contributed by atoms with Gasteiger partial charge in [0.05, 0.1) is 13.2 Å². The second-order valence-electron chi connectivity index (χ2n) is 5.55. The van der Waals surface area contributed by atoms with Crippen LogP contribution >= 0.6 is 0 Å². The molecule has 1 fully saturated rings. The van der Waals surface area contributed by atoms with Crippen molar-refractivity contribution in [2.24, 2.45) is 5.14 Å². The Kier molecular flexibility index (Phi) is 7.26. The maximum atomic E-state index is 11.1. The molecule has 12 nitrogen and oxygen atoms in total. The summed E-state index contributed by atoms with van der Waals surface area (Å²) in [7, 11) is -8.08. The van der Waals surface area contributed by atoms with E-state index in [1.165, 1.54) is 0 Å². The van der Waals surface area contributed by atoms with Crippen LogP contribution in [0.1, 0.15) is 5.56 Å². The topological polar surface area (TPSA) is 192 Å². The van der Waals surface area contributed by atoms with Crippen LogP contribution in [-0.2, 0) is 45.7 Å². The fourth-order valence-electron chi connectivity index (χ4n) is 2.42. The first kappa shape index (κ1) is 22.1. The number of nitrogens with two attached hydrogens (primary N) is 1. The van der Waals surface area contributed by atoms with Crippen molar-refractivity contribution in [3.8, 4) is 0 Å². The SMILES string of the molecule is NS(=O)(=O)OC(O)[C@@]1(OCc2ccccc2)OC[C@@H](O[SH](=O)=O)[C@@H](O)[C@@H]1O. The Balaban J connectivity index is 2.29. The molecule has 1 aliphatic rings.